The first kappa shape index (κ1) is 20.6. The van der Waals surface area contributed by atoms with Gasteiger partial charge in [0.2, 0.25) is 10.0 Å². The molecule has 2 atom stereocenters. The number of nitrogens with one attached hydrogen (secondary N) is 2. The third-order valence-corrected chi connectivity index (χ3v) is 8.07. The van der Waals surface area contributed by atoms with E-state index in [-0.39, 0.29) is 0 Å². The minimum absolute atomic E-state index is 0.378. The summed E-state index contributed by atoms with van der Waals surface area (Å²) in [5.74, 6) is 0.603. The number of benzene rings is 1. The molecule has 1 aliphatic carbocycles. The largest absolute Gasteiger partial charge is 0.359 e. The Morgan fingerprint density at radius 3 is 2.52 bits per heavy atom. The monoisotopic (exact) mass is 409 g/mol. The standard InChI is InChI=1S/C20H31N3O2S2/c1-15-8-4-5-9-18(15)22-20(26)21-17-11-10-16(2)19(14-17)27(24,25)23-12-6-3-7-13-23/h10-11,14-15,18H,3-9,12-13H2,1-2H3,(H2,21,22,26)/t15-,18+/m0/s1. The van der Waals surface area contributed by atoms with Crippen molar-refractivity contribution in [2.45, 2.75) is 69.7 Å². The Hall–Kier alpha value is -1.18. The number of rotatable bonds is 4. The maximum Gasteiger partial charge on any atom is 0.243 e. The zero-order valence-electron chi connectivity index (χ0n) is 16.3. The van der Waals surface area contributed by atoms with Crippen molar-refractivity contribution in [1.82, 2.24) is 9.62 Å². The van der Waals surface area contributed by atoms with Crippen molar-refractivity contribution in [3.8, 4) is 0 Å². The number of hydrogen-bond donors (Lipinski definition) is 2. The molecular formula is C20H31N3O2S2. The average Bonchev–Trinajstić information content (AvgIpc) is 2.66. The van der Waals surface area contributed by atoms with Crippen LogP contribution in [0.15, 0.2) is 23.1 Å². The lowest BCUT2D eigenvalue weighted by Crippen LogP contribution is -2.43. The van der Waals surface area contributed by atoms with E-state index in [2.05, 4.69) is 17.6 Å². The van der Waals surface area contributed by atoms with E-state index < -0.39 is 10.0 Å². The summed E-state index contributed by atoms with van der Waals surface area (Å²) < 4.78 is 27.7. The van der Waals surface area contributed by atoms with Crippen molar-refractivity contribution >= 4 is 33.0 Å². The first-order valence-corrected chi connectivity index (χ1v) is 11.9. The zero-order valence-corrected chi connectivity index (χ0v) is 18.0. The molecule has 1 aromatic carbocycles. The lowest BCUT2D eigenvalue weighted by atomic mass is 9.86. The second kappa shape index (κ2) is 8.88. The highest BCUT2D eigenvalue weighted by Gasteiger charge is 2.28. The number of nitrogens with zero attached hydrogens (tertiary/aromatic N) is 1. The van der Waals surface area contributed by atoms with Crippen molar-refractivity contribution < 1.29 is 8.42 Å². The summed E-state index contributed by atoms with van der Waals surface area (Å²) in [6.07, 6.45) is 7.84. The molecule has 0 unspecified atom stereocenters. The molecule has 1 saturated carbocycles. The molecule has 2 N–H and O–H groups in total. The zero-order chi connectivity index (χ0) is 19.4. The van der Waals surface area contributed by atoms with Gasteiger partial charge in [-0.3, -0.25) is 0 Å². The van der Waals surface area contributed by atoms with Crippen LogP contribution in [0.5, 0.6) is 0 Å². The summed E-state index contributed by atoms with van der Waals surface area (Å²) in [6, 6.07) is 5.85. The minimum atomic E-state index is -3.46. The predicted molar refractivity (Wildman–Crippen MR) is 115 cm³/mol. The van der Waals surface area contributed by atoms with Gasteiger partial charge in [0, 0.05) is 24.8 Å². The van der Waals surface area contributed by atoms with Crippen molar-refractivity contribution in [2.24, 2.45) is 5.92 Å². The molecule has 150 valence electrons. The summed E-state index contributed by atoms with van der Waals surface area (Å²) >= 11 is 5.48. The fourth-order valence-corrected chi connectivity index (χ4v) is 6.10. The fourth-order valence-electron chi connectivity index (χ4n) is 4.07. The normalized spacial score (nSPS) is 24.4. The molecule has 0 aromatic heterocycles. The second-order valence-corrected chi connectivity index (χ2v) is 10.2. The summed E-state index contributed by atoms with van der Waals surface area (Å²) in [5.41, 5.74) is 1.49. The van der Waals surface area contributed by atoms with Crippen LogP contribution in [0.1, 0.15) is 57.4 Å². The number of hydrogen-bond acceptors (Lipinski definition) is 3. The van der Waals surface area contributed by atoms with E-state index in [1.54, 1.807) is 10.4 Å². The molecule has 1 aliphatic heterocycles. The van der Waals surface area contributed by atoms with Crippen molar-refractivity contribution in [3.05, 3.63) is 23.8 Å². The molecular weight excluding hydrogens is 378 g/mol. The molecule has 5 nitrogen and oxygen atoms in total. The topological polar surface area (TPSA) is 61.4 Å². The molecule has 2 fully saturated rings. The lowest BCUT2D eigenvalue weighted by molar-refractivity contribution is 0.309. The van der Waals surface area contributed by atoms with Gasteiger partial charge in [-0.2, -0.15) is 4.31 Å². The molecule has 3 rings (SSSR count). The molecule has 7 heteroatoms. The minimum Gasteiger partial charge on any atom is -0.359 e. The molecule has 0 spiro atoms. The van der Waals surface area contributed by atoms with Gasteiger partial charge < -0.3 is 10.6 Å². The van der Waals surface area contributed by atoms with Crippen LogP contribution in [0.4, 0.5) is 5.69 Å². The van der Waals surface area contributed by atoms with Crippen LogP contribution in [0.2, 0.25) is 0 Å². The van der Waals surface area contributed by atoms with Crippen LogP contribution in [0, 0.1) is 12.8 Å². The summed E-state index contributed by atoms with van der Waals surface area (Å²) in [4.78, 5) is 0.378. The van der Waals surface area contributed by atoms with E-state index in [1.165, 1.54) is 19.3 Å². The number of piperidine rings is 1. The maximum atomic E-state index is 13.1. The predicted octanol–water partition coefficient (Wildman–Crippen LogP) is 4.03. The third-order valence-electron chi connectivity index (χ3n) is 5.81. The van der Waals surface area contributed by atoms with Crippen LogP contribution in [-0.4, -0.2) is 37.0 Å². The van der Waals surface area contributed by atoms with Crippen molar-refractivity contribution in [3.63, 3.8) is 0 Å². The molecule has 1 saturated heterocycles. The summed E-state index contributed by atoms with van der Waals surface area (Å²) in [6.45, 7) is 5.33. The van der Waals surface area contributed by atoms with Crippen LogP contribution in [0.25, 0.3) is 0 Å². The Bertz CT molecular complexity index is 773. The molecule has 1 heterocycles. The molecule has 0 bridgehead atoms. The van der Waals surface area contributed by atoms with Crippen molar-refractivity contribution in [2.75, 3.05) is 18.4 Å². The van der Waals surface area contributed by atoms with Gasteiger partial charge in [-0.15, -0.1) is 0 Å². The van der Waals surface area contributed by atoms with E-state index in [1.807, 2.05) is 19.1 Å². The summed E-state index contributed by atoms with van der Waals surface area (Å²) in [5, 5.41) is 7.17. The van der Waals surface area contributed by atoms with Crippen LogP contribution >= 0.6 is 12.2 Å². The number of sulfonamides is 1. The molecule has 0 amide bonds. The van der Waals surface area contributed by atoms with Gasteiger partial charge in [0.1, 0.15) is 0 Å². The number of thiocarbonyl (C=S) groups is 1. The third kappa shape index (κ3) is 5.00. The second-order valence-electron chi connectivity index (χ2n) is 7.91. The fraction of sp³-hybridized carbons (Fsp3) is 0.650. The Balaban J connectivity index is 1.72. The lowest BCUT2D eigenvalue weighted by Gasteiger charge is -2.30. The smallest absolute Gasteiger partial charge is 0.243 e. The molecule has 27 heavy (non-hydrogen) atoms. The maximum absolute atomic E-state index is 13.1. The van der Waals surface area contributed by atoms with Gasteiger partial charge in [-0.1, -0.05) is 32.3 Å². The quantitative estimate of drug-likeness (QED) is 0.735. The first-order valence-electron chi connectivity index (χ1n) is 10.1. The van der Waals surface area contributed by atoms with Gasteiger partial charge in [0.05, 0.1) is 4.90 Å². The van der Waals surface area contributed by atoms with Gasteiger partial charge in [-0.25, -0.2) is 8.42 Å². The van der Waals surface area contributed by atoms with E-state index in [0.717, 1.165) is 36.9 Å². The highest BCUT2D eigenvalue weighted by atomic mass is 32.2. The number of anilines is 1. The van der Waals surface area contributed by atoms with Crippen LogP contribution in [-0.2, 0) is 10.0 Å². The first-order chi connectivity index (χ1) is 12.9. The SMILES string of the molecule is Cc1ccc(NC(=S)N[C@@H]2CCCC[C@@H]2C)cc1S(=O)(=O)N1CCCCC1. The molecule has 0 radical (unpaired) electrons. The van der Waals surface area contributed by atoms with Crippen molar-refractivity contribution in [1.29, 1.82) is 0 Å². The van der Waals surface area contributed by atoms with E-state index in [4.69, 9.17) is 12.2 Å². The Morgan fingerprint density at radius 2 is 1.81 bits per heavy atom. The Kier molecular flexibility index (Phi) is 6.76. The molecule has 2 aliphatic rings. The molecule has 1 aromatic rings. The van der Waals surface area contributed by atoms with Gasteiger partial charge >= 0.3 is 0 Å². The Labute approximate surface area is 169 Å². The highest BCUT2D eigenvalue weighted by molar-refractivity contribution is 7.89. The number of aryl methyl sites for hydroxylation is 1. The highest BCUT2D eigenvalue weighted by Crippen LogP contribution is 2.27. The average molecular weight is 410 g/mol. The van der Waals surface area contributed by atoms with E-state index in [0.29, 0.717) is 35.1 Å². The van der Waals surface area contributed by atoms with E-state index in [9.17, 15) is 8.42 Å². The van der Waals surface area contributed by atoms with Crippen LogP contribution < -0.4 is 10.6 Å². The van der Waals surface area contributed by atoms with Gasteiger partial charge in [0.15, 0.2) is 5.11 Å². The van der Waals surface area contributed by atoms with E-state index >= 15 is 0 Å². The van der Waals surface area contributed by atoms with Gasteiger partial charge in [0.25, 0.3) is 0 Å². The van der Waals surface area contributed by atoms with Crippen LogP contribution in [0.3, 0.4) is 0 Å². The summed E-state index contributed by atoms with van der Waals surface area (Å²) in [7, 11) is -3.46. The Morgan fingerprint density at radius 1 is 1.11 bits per heavy atom. The van der Waals surface area contributed by atoms with Gasteiger partial charge in [-0.05, 0) is 68.4 Å².